The zero-order chi connectivity index (χ0) is 16.3. The van der Waals surface area contributed by atoms with Gasteiger partial charge in [-0.1, -0.05) is 12.2 Å². The predicted molar refractivity (Wildman–Crippen MR) is 81.7 cm³/mol. The third kappa shape index (κ3) is 1.72. The minimum Gasteiger partial charge on any atom is -0.497 e. The highest BCUT2D eigenvalue weighted by Gasteiger charge is 2.61. The Balaban J connectivity index is 1.74. The van der Waals surface area contributed by atoms with E-state index < -0.39 is 17.8 Å². The van der Waals surface area contributed by atoms with Crippen molar-refractivity contribution in [2.24, 2.45) is 17.8 Å². The van der Waals surface area contributed by atoms with E-state index in [1.165, 1.54) is 4.90 Å². The van der Waals surface area contributed by atoms with Gasteiger partial charge in [0.15, 0.2) is 0 Å². The Hall–Kier alpha value is -2.63. The maximum atomic E-state index is 12.8. The average molecular weight is 312 g/mol. The lowest BCUT2D eigenvalue weighted by atomic mass is 9.70. The van der Waals surface area contributed by atoms with Gasteiger partial charge in [-0.3, -0.25) is 14.4 Å². The van der Waals surface area contributed by atoms with Gasteiger partial charge in [-0.2, -0.15) is 0 Å². The van der Waals surface area contributed by atoms with Gasteiger partial charge in [0.25, 0.3) is 0 Å². The second kappa shape index (κ2) is 4.68. The fourth-order valence-corrected chi connectivity index (χ4v) is 3.90. The summed E-state index contributed by atoms with van der Waals surface area (Å²) in [6.45, 7) is 0. The Labute approximate surface area is 133 Å². The molecule has 3 amide bonds. The normalized spacial score (nSPS) is 31.8. The summed E-state index contributed by atoms with van der Waals surface area (Å²) >= 11 is 0. The zero-order valence-corrected chi connectivity index (χ0v) is 12.8. The molecular formula is C17H16N2O4. The van der Waals surface area contributed by atoms with Crippen LogP contribution in [0.1, 0.15) is 0 Å². The van der Waals surface area contributed by atoms with Crippen molar-refractivity contribution < 1.29 is 19.1 Å². The molecule has 3 aliphatic heterocycles. The first-order chi connectivity index (χ1) is 11.0. The number of piperidine rings is 1. The third-order valence-electron chi connectivity index (χ3n) is 5.08. The van der Waals surface area contributed by atoms with Gasteiger partial charge in [0, 0.05) is 7.05 Å². The Kier molecular flexibility index (Phi) is 2.85. The van der Waals surface area contributed by atoms with E-state index in [9.17, 15) is 14.4 Å². The lowest BCUT2D eigenvalue weighted by molar-refractivity contribution is -0.148. The molecule has 0 spiro atoms. The molecule has 2 fully saturated rings. The number of fused-ring (bicyclic) bond motifs is 1. The molecule has 6 nitrogen and oxygen atoms in total. The van der Waals surface area contributed by atoms with Crippen LogP contribution in [-0.2, 0) is 14.4 Å². The Morgan fingerprint density at radius 2 is 1.57 bits per heavy atom. The maximum Gasteiger partial charge on any atom is 0.240 e. The molecule has 0 N–H and O–H groups in total. The van der Waals surface area contributed by atoms with Crippen LogP contribution in [0.15, 0.2) is 36.4 Å². The zero-order valence-electron chi connectivity index (χ0n) is 12.8. The largest absolute Gasteiger partial charge is 0.497 e. The van der Waals surface area contributed by atoms with Crippen LogP contribution in [0.25, 0.3) is 0 Å². The van der Waals surface area contributed by atoms with E-state index in [0.717, 1.165) is 0 Å². The minimum atomic E-state index is -0.580. The molecule has 3 heterocycles. The number of hydrogen-bond donors (Lipinski definition) is 0. The highest BCUT2D eigenvalue weighted by molar-refractivity contribution is 6.24. The number of hydrogen-bond acceptors (Lipinski definition) is 4. The highest BCUT2D eigenvalue weighted by Crippen LogP contribution is 2.46. The van der Waals surface area contributed by atoms with Gasteiger partial charge in [-0.15, -0.1) is 0 Å². The van der Waals surface area contributed by atoms with Crippen molar-refractivity contribution in [3.8, 4) is 5.75 Å². The van der Waals surface area contributed by atoms with Crippen molar-refractivity contribution in [3.63, 3.8) is 0 Å². The molecule has 5 rings (SSSR count). The first-order valence-electron chi connectivity index (χ1n) is 7.51. The van der Waals surface area contributed by atoms with E-state index >= 15 is 0 Å². The van der Waals surface area contributed by atoms with Crippen molar-refractivity contribution >= 4 is 23.4 Å². The number of likely N-dealkylation sites (N-methyl/N-ethyl adjacent to an activating group) is 1. The molecule has 4 atom stereocenters. The summed E-state index contributed by atoms with van der Waals surface area (Å²) in [6, 6.07) is 6.46. The van der Waals surface area contributed by atoms with Crippen molar-refractivity contribution in [2.75, 3.05) is 19.1 Å². The molecule has 2 bridgehead atoms. The molecule has 23 heavy (non-hydrogen) atoms. The molecule has 118 valence electrons. The first-order valence-corrected chi connectivity index (χ1v) is 7.51. The molecule has 2 saturated heterocycles. The second-order valence-corrected chi connectivity index (χ2v) is 6.11. The van der Waals surface area contributed by atoms with Crippen LogP contribution in [-0.4, -0.2) is 42.8 Å². The number of imide groups is 1. The van der Waals surface area contributed by atoms with Gasteiger partial charge in [0.05, 0.1) is 36.6 Å². The van der Waals surface area contributed by atoms with Crippen LogP contribution < -0.4 is 9.64 Å². The molecule has 4 aliphatic rings. The molecule has 0 radical (unpaired) electrons. The van der Waals surface area contributed by atoms with E-state index in [2.05, 4.69) is 0 Å². The molecule has 1 aromatic carbocycles. The van der Waals surface area contributed by atoms with Crippen LogP contribution in [0.2, 0.25) is 0 Å². The molecule has 0 aromatic heterocycles. The summed E-state index contributed by atoms with van der Waals surface area (Å²) in [5, 5.41) is 0. The van der Waals surface area contributed by atoms with Crippen LogP contribution in [0.5, 0.6) is 5.75 Å². The lowest BCUT2D eigenvalue weighted by Crippen LogP contribution is -2.57. The summed E-state index contributed by atoms with van der Waals surface area (Å²) in [6.07, 6.45) is 3.65. The molecule has 1 aliphatic carbocycles. The van der Waals surface area contributed by atoms with E-state index in [1.54, 1.807) is 49.4 Å². The Morgan fingerprint density at radius 3 is 2.22 bits per heavy atom. The van der Waals surface area contributed by atoms with Crippen molar-refractivity contribution in [2.45, 2.75) is 6.04 Å². The number of carbonyl (C=O) groups is 3. The number of rotatable bonds is 2. The summed E-state index contributed by atoms with van der Waals surface area (Å²) in [5.41, 5.74) is 0.518. The molecule has 0 saturated carbocycles. The number of carbonyl (C=O) groups excluding carboxylic acids is 3. The van der Waals surface area contributed by atoms with Gasteiger partial charge in [0.1, 0.15) is 5.75 Å². The number of ether oxygens (including phenoxy) is 1. The fraction of sp³-hybridized carbons (Fsp3) is 0.353. The summed E-state index contributed by atoms with van der Waals surface area (Å²) in [4.78, 5) is 40.7. The number of benzene rings is 1. The van der Waals surface area contributed by atoms with Gasteiger partial charge in [0.2, 0.25) is 17.7 Å². The van der Waals surface area contributed by atoms with Crippen molar-refractivity contribution in [1.82, 2.24) is 4.90 Å². The van der Waals surface area contributed by atoms with Crippen molar-refractivity contribution in [3.05, 3.63) is 36.4 Å². The molecule has 6 heteroatoms. The van der Waals surface area contributed by atoms with Crippen molar-refractivity contribution in [1.29, 1.82) is 0 Å². The quantitative estimate of drug-likeness (QED) is 0.599. The fourth-order valence-electron chi connectivity index (χ4n) is 3.90. The van der Waals surface area contributed by atoms with Gasteiger partial charge in [-0.25, -0.2) is 4.90 Å². The summed E-state index contributed by atoms with van der Waals surface area (Å²) < 4.78 is 5.10. The van der Waals surface area contributed by atoms with E-state index in [-0.39, 0.29) is 23.8 Å². The second-order valence-electron chi connectivity index (χ2n) is 6.11. The molecular weight excluding hydrogens is 296 g/mol. The maximum absolute atomic E-state index is 12.8. The summed E-state index contributed by atoms with van der Waals surface area (Å²) in [5.74, 6) is -1.55. The summed E-state index contributed by atoms with van der Waals surface area (Å²) in [7, 11) is 3.24. The molecule has 1 aromatic rings. The number of nitrogens with zero attached hydrogens (tertiary/aromatic N) is 2. The SMILES string of the molecule is COc1ccc(N2C(=O)[C@@H]3[C@@H](C2=O)[C@@H]2C=C[C@H]3C(=O)N2C)cc1. The smallest absolute Gasteiger partial charge is 0.240 e. The first kappa shape index (κ1) is 14.0. The van der Waals surface area contributed by atoms with Gasteiger partial charge < -0.3 is 9.64 Å². The van der Waals surface area contributed by atoms with Crippen LogP contribution in [0, 0.1) is 17.8 Å². The lowest BCUT2D eigenvalue weighted by Gasteiger charge is -2.44. The molecule has 0 unspecified atom stereocenters. The predicted octanol–water partition coefficient (Wildman–Crippen LogP) is 0.827. The Morgan fingerprint density at radius 1 is 0.913 bits per heavy atom. The van der Waals surface area contributed by atoms with E-state index in [0.29, 0.717) is 11.4 Å². The van der Waals surface area contributed by atoms with Crippen LogP contribution in [0.4, 0.5) is 5.69 Å². The number of amides is 3. The van der Waals surface area contributed by atoms with E-state index in [1.807, 2.05) is 6.08 Å². The minimum absolute atomic E-state index is 0.0866. The number of anilines is 1. The van der Waals surface area contributed by atoms with Gasteiger partial charge in [-0.05, 0) is 24.3 Å². The van der Waals surface area contributed by atoms with Crippen LogP contribution >= 0.6 is 0 Å². The van der Waals surface area contributed by atoms with Crippen LogP contribution in [0.3, 0.4) is 0 Å². The average Bonchev–Trinajstić information content (AvgIpc) is 2.84. The topological polar surface area (TPSA) is 66.9 Å². The van der Waals surface area contributed by atoms with E-state index in [4.69, 9.17) is 4.74 Å². The highest BCUT2D eigenvalue weighted by atomic mass is 16.5. The third-order valence-corrected chi connectivity index (χ3v) is 5.08. The number of methoxy groups -OCH3 is 1. The standard InChI is InChI=1S/C17H16N2O4/c1-18-12-8-7-11(15(18)20)13-14(12)17(22)19(16(13)21)9-3-5-10(23-2)6-4-9/h3-8,11-14H,1-2H3/t11-,12+,13+,14+/m1/s1. The Bertz CT molecular complexity index is 739. The monoisotopic (exact) mass is 312 g/mol. The van der Waals surface area contributed by atoms with Gasteiger partial charge >= 0.3 is 0 Å².